The van der Waals surface area contributed by atoms with Crippen molar-refractivity contribution in [1.29, 1.82) is 10.5 Å². The largest absolute Gasteiger partial charge is 0.243 e. The standard InChI is InChI=1S/C20H21N3O2S/c1-13-5-7-16(8-6-13)26(24,25)23-12-15-9-14(10-21)18(11-22)17-3-2-4-19(23)20(15)17/h5-9,15,17-20H,2-4,12H2,1H3/t15-,17-,18?,19-,20+/m0/s1. The predicted molar refractivity (Wildman–Crippen MR) is 96.0 cm³/mol. The maximum atomic E-state index is 13.3. The van der Waals surface area contributed by atoms with Crippen molar-refractivity contribution in [2.75, 3.05) is 6.54 Å². The summed E-state index contributed by atoms with van der Waals surface area (Å²) in [5.41, 5.74) is 1.55. The quantitative estimate of drug-likeness (QED) is 0.804. The minimum atomic E-state index is -3.57. The van der Waals surface area contributed by atoms with Crippen LogP contribution in [0.3, 0.4) is 0 Å². The molecule has 3 aliphatic rings. The van der Waals surface area contributed by atoms with Crippen LogP contribution in [0.5, 0.6) is 0 Å². The summed E-state index contributed by atoms with van der Waals surface area (Å²) in [5, 5.41) is 19.0. The maximum Gasteiger partial charge on any atom is 0.243 e. The van der Waals surface area contributed by atoms with E-state index in [2.05, 4.69) is 12.1 Å². The molecule has 1 heterocycles. The number of rotatable bonds is 2. The first-order valence-electron chi connectivity index (χ1n) is 9.07. The summed E-state index contributed by atoms with van der Waals surface area (Å²) in [5.74, 6) is -0.136. The van der Waals surface area contributed by atoms with Gasteiger partial charge in [0.25, 0.3) is 0 Å². The van der Waals surface area contributed by atoms with Gasteiger partial charge in [-0.1, -0.05) is 30.2 Å². The first-order chi connectivity index (χ1) is 12.5. The molecule has 1 saturated carbocycles. The van der Waals surface area contributed by atoms with Gasteiger partial charge in [-0.05, 0) is 49.7 Å². The minimum absolute atomic E-state index is 0.0322. The Balaban J connectivity index is 1.74. The molecule has 6 heteroatoms. The highest BCUT2D eigenvalue weighted by Crippen LogP contribution is 2.52. The third-order valence-corrected chi connectivity index (χ3v) is 8.19. The van der Waals surface area contributed by atoms with Crippen LogP contribution in [0.15, 0.2) is 40.8 Å². The van der Waals surface area contributed by atoms with E-state index in [0.717, 1.165) is 24.8 Å². The molecular weight excluding hydrogens is 346 g/mol. The molecule has 2 fully saturated rings. The van der Waals surface area contributed by atoms with Gasteiger partial charge in [-0.2, -0.15) is 14.8 Å². The van der Waals surface area contributed by atoms with Gasteiger partial charge in [0.15, 0.2) is 0 Å². The molecule has 1 aromatic carbocycles. The van der Waals surface area contributed by atoms with Crippen LogP contribution >= 0.6 is 0 Å². The lowest BCUT2D eigenvalue weighted by Crippen LogP contribution is -2.44. The fourth-order valence-corrected chi connectivity index (χ4v) is 6.87. The van der Waals surface area contributed by atoms with E-state index in [-0.39, 0.29) is 23.8 Å². The average Bonchev–Trinajstić information content (AvgIpc) is 3.03. The third kappa shape index (κ3) is 2.48. The topological polar surface area (TPSA) is 85.0 Å². The molecule has 0 bridgehead atoms. The Morgan fingerprint density at radius 3 is 2.54 bits per heavy atom. The van der Waals surface area contributed by atoms with Gasteiger partial charge in [-0.25, -0.2) is 8.42 Å². The molecule has 26 heavy (non-hydrogen) atoms. The van der Waals surface area contributed by atoms with Crippen molar-refractivity contribution in [1.82, 2.24) is 4.31 Å². The van der Waals surface area contributed by atoms with Crippen LogP contribution < -0.4 is 0 Å². The number of allylic oxidation sites excluding steroid dienone is 1. The number of hydrogen-bond donors (Lipinski definition) is 0. The zero-order valence-electron chi connectivity index (χ0n) is 14.7. The summed E-state index contributed by atoms with van der Waals surface area (Å²) < 4.78 is 28.2. The van der Waals surface area contributed by atoms with Crippen LogP contribution in [-0.2, 0) is 10.0 Å². The SMILES string of the molecule is Cc1ccc(S(=O)(=O)N2C[C@@H]3C=C(C#N)C(C#N)[C@@H]4CCC[C@H]2[C@H]34)cc1. The fraction of sp³-hybridized carbons (Fsp3) is 0.500. The predicted octanol–water partition coefficient (Wildman–Crippen LogP) is 3.00. The van der Waals surface area contributed by atoms with Crippen LogP contribution in [-0.4, -0.2) is 25.3 Å². The molecule has 1 unspecified atom stereocenters. The number of hydrogen-bond acceptors (Lipinski definition) is 4. The lowest BCUT2D eigenvalue weighted by Gasteiger charge is -2.41. The van der Waals surface area contributed by atoms with E-state index in [0.29, 0.717) is 17.0 Å². The second-order valence-corrected chi connectivity index (χ2v) is 9.52. The molecule has 1 aromatic rings. The fourth-order valence-electron chi connectivity index (χ4n) is 5.15. The monoisotopic (exact) mass is 367 g/mol. The van der Waals surface area contributed by atoms with Gasteiger partial charge in [0.05, 0.1) is 23.0 Å². The van der Waals surface area contributed by atoms with E-state index in [1.54, 1.807) is 16.4 Å². The molecule has 4 rings (SSSR count). The summed E-state index contributed by atoms with van der Waals surface area (Å²) >= 11 is 0. The van der Waals surface area contributed by atoms with Gasteiger partial charge in [0, 0.05) is 18.2 Å². The van der Waals surface area contributed by atoms with Gasteiger partial charge < -0.3 is 0 Å². The summed E-state index contributed by atoms with van der Waals surface area (Å²) in [6.45, 7) is 2.34. The van der Waals surface area contributed by atoms with Crippen molar-refractivity contribution < 1.29 is 8.42 Å². The van der Waals surface area contributed by atoms with Gasteiger partial charge in [-0.15, -0.1) is 0 Å². The smallest absolute Gasteiger partial charge is 0.207 e. The first kappa shape index (κ1) is 17.3. The van der Waals surface area contributed by atoms with Crippen LogP contribution in [0.4, 0.5) is 0 Å². The highest BCUT2D eigenvalue weighted by atomic mass is 32.2. The van der Waals surface area contributed by atoms with Crippen molar-refractivity contribution in [3.8, 4) is 12.1 Å². The van der Waals surface area contributed by atoms with Gasteiger partial charge in [0.2, 0.25) is 10.0 Å². The maximum absolute atomic E-state index is 13.3. The van der Waals surface area contributed by atoms with Crippen molar-refractivity contribution in [2.24, 2.45) is 23.7 Å². The van der Waals surface area contributed by atoms with E-state index in [9.17, 15) is 18.9 Å². The van der Waals surface area contributed by atoms with E-state index in [1.165, 1.54) is 0 Å². The lowest BCUT2D eigenvalue weighted by molar-refractivity contribution is 0.140. The van der Waals surface area contributed by atoms with E-state index >= 15 is 0 Å². The zero-order valence-corrected chi connectivity index (χ0v) is 15.5. The van der Waals surface area contributed by atoms with Crippen LogP contribution in [0.25, 0.3) is 0 Å². The van der Waals surface area contributed by atoms with Gasteiger partial charge in [-0.3, -0.25) is 0 Å². The molecule has 0 spiro atoms. The first-order valence-corrected chi connectivity index (χ1v) is 10.5. The van der Waals surface area contributed by atoms with Crippen molar-refractivity contribution >= 4 is 10.0 Å². The molecule has 5 atom stereocenters. The Morgan fingerprint density at radius 2 is 1.88 bits per heavy atom. The van der Waals surface area contributed by atoms with Crippen LogP contribution in [0.1, 0.15) is 24.8 Å². The molecule has 134 valence electrons. The molecule has 0 aromatic heterocycles. The summed E-state index contributed by atoms with van der Waals surface area (Å²) in [6, 6.07) is 11.4. The van der Waals surface area contributed by atoms with Gasteiger partial charge >= 0.3 is 0 Å². The summed E-state index contributed by atoms with van der Waals surface area (Å²) in [7, 11) is -3.57. The van der Waals surface area contributed by atoms with Crippen molar-refractivity contribution in [3.63, 3.8) is 0 Å². The zero-order chi connectivity index (χ0) is 18.5. The highest BCUT2D eigenvalue weighted by molar-refractivity contribution is 7.89. The van der Waals surface area contributed by atoms with E-state index in [1.807, 2.05) is 25.1 Å². The number of benzene rings is 1. The molecular formula is C20H21N3O2S. The van der Waals surface area contributed by atoms with Gasteiger partial charge in [0.1, 0.15) is 0 Å². The Labute approximate surface area is 154 Å². The molecule has 0 N–H and O–H groups in total. The van der Waals surface area contributed by atoms with Crippen LogP contribution in [0, 0.1) is 53.3 Å². The Hall–Kier alpha value is -2.15. The number of sulfonamides is 1. The van der Waals surface area contributed by atoms with Crippen molar-refractivity contribution in [3.05, 3.63) is 41.5 Å². The molecule has 0 radical (unpaired) electrons. The second kappa shape index (κ2) is 6.23. The second-order valence-electron chi connectivity index (χ2n) is 7.63. The third-order valence-electron chi connectivity index (χ3n) is 6.28. The lowest BCUT2D eigenvalue weighted by atomic mass is 9.62. The summed E-state index contributed by atoms with van der Waals surface area (Å²) in [6.07, 6.45) is 4.50. The highest BCUT2D eigenvalue weighted by Gasteiger charge is 2.54. The minimum Gasteiger partial charge on any atom is -0.207 e. The number of nitrogens with zero attached hydrogens (tertiary/aromatic N) is 3. The Morgan fingerprint density at radius 1 is 1.15 bits per heavy atom. The van der Waals surface area contributed by atoms with Crippen molar-refractivity contribution in [2.45, 2.75) is 37.1 Å². The average molecular weight is 367 g/mol. The Kier molecular flexibility index (Phi) is 4.14. The van der Waals surface area contributed by atoms with Crippen LogP contribution in [0.2, 0.25) is 0 Å². The Bertz CT molecular complexity index is 937. The summed E-state index contributed by atoms with van der Waals surface area (Å²) in [4.78, 5) is 0.324. The number of nitriles is 2. The molecule has 0 amide bonds. The molecule has 2 aliphatic carbocycles. The van der Waals surface area contributed by atoms with E-state index < -0.39 is 15.9 Å². The normalized spacial score (nSPS) is 33.7. The molecule has 1 saturated heterocycles. The molecule has 1 aliphatic heterocycles. The van der Waals surface area contributed by atoms with E-state index in [4.69, 9.17) is 0 Å². The molecule has 5 nitrogen and oxygen atoms in total. The number of aryl methyl sites for hydroxylation is 1.